The molecule has 0 aliphatic rings. The zero-order chi connectivity index (χ0) is 18.6. The molecule has 8 heteroatoms. The maximum atomic E-state index is 12.9. The number of hydrogen-bond donors (Lipinski definition) is 2. The molecular weight excluding hydrogens is 355 g/mol. The van der Waals surface area contributed by atoms with Crippen molar-refractivity contribution in [2.45, 2.75) is 4.90 Å². The molecule has 0 aliphatic carbocycles. The van der Waals surface area contributed by atoms with E-state index in [1.165, 1.54) is 42.6 Å². The van der Waals surface area contributed by atoms with Crippen molar-refractivity contribution in [3.8, 4) is 0 Å². The number of nitrogens with one attached hydrogen (secondary N) is 1. The quantitative estimate of drug-likeness (QED) is 0.672. The fraction of sp³-hybridized carbons (Fsp3) is 0. The maximum absolute atomic E-state index is 12.9. The van der Waals surface area contributed by atoms with Crippen LogP contribution in [0.1, 0.15) is 11.3 Å². The largest absolute Gasteiger partial charge is 0.399 e. The summed E-state index contributed by atoms with van der Waals surface area (Å²) in [5, 5.41) is 0. The molecule has 3 aromatic rings. The molecule has 1 heterocycles. The van der Waals surface area contributed by atoms with Crippen LogP contribution in [0.5, 0.6) is 0 Å². The van der Waals surface area contributed by atoms with Gasteiger partial charge in [-0.1, -0.05) is 18.2 Å². The molecule has 2 aromatic carbocycles. The highest BCUT2D eigenvalue weighted by molar-refractivity contribution is 7.92. The fourth-order valence-electron chi connectivity index (χ4n) is 2.10. The first-order chi connectivity index (χ1) is 12.4. The van der Waals surface area contributed by atoms with Crippen molar-refractivity contribution in [2.24, 2.45) is 0 Å². The summed E-state index contributed by atoms with van der Waals surface area (Å²) in [6.07, 6.45) is 4.86. The van der Waals surface area contributed by atoms with Gasteiger partial charge in [0.05, 0.1) is 10.6 Å². The van der Waals surface area contributed by atoms with Crippen molar-refractivity contribution < 1.29 is 12.8 Å². The molecule has 3 rings (SSSR count). The molecule has 0 radical (unpaired) electrons. The second kappa shape index (κ2) is 7.32. The Bertz CT molecular complexity index is 1030. The molecule has 0 spiro atoms. The second-order valence-electron chi connectivity index (χ2n) is 5.36. The molecule has 0 saturated carbocycles. The SMILES string of the molecule is Nc1ccc(S(=O)(=O)Nc2nccc(C=Cc3ccc(F)cc3)n2)cc1. The van der Waals surface area contributed by atoms with Crippen molar-refractivity contribution >= 4 is 33.8 Å². The third-order valence-corrected chi connectivity index (χ3v) is 4.75. The summed E-state index contributed by atoms with van der Waals surface area (Å²) >= 11 is 0. The van der Waals surface area contributed by atoms with Crippen LogP contribution in [0, 0.1) is 5.82 Å². The van der Waals surface area contributed by atoms with Gasteiger partial charge in [-0.15, -0.1) is 0 Å². The maximum Gasteiger partial charge on any atom is 0.264 e. The smallest absolute Gasteiger partial charge is 0.264 e. The Kier molecular flexibility index (Phi) is 4.94. The lowest BCUT2D eigenvalue weighted by Gasteiger charge is -2.07. The summed E-state index contributed by atoms with van der Waals surface area (Å²) in [6, 6.07) is 13.4. The number of nitrogen functional groups attached to an aromatic ring is 1. The number of rotatable bonds is 5. The molecule has 6 nitrogen and oxygen atoms in total. The second-order valence-corrected chi connectivity index (χ2v) is 7.05. The third kappa shape index (κ3) is 4.42. The lowest BCUT2D eigenvalue weighted by Crippen LogP contribution is -2.15. The van der Waals surface area contributed by atoms with Gasteiger partial charge in [0.2, 0.25) is 5.95 Å². The number of benzene rings is 2. The van der Waals surface area contributed by atoms with Crippen LogP contribution in [0.3, 0.4) is 0 Å². The average Bonchev–Trinajstić information content (AvgIpc) is 2.61. The molecule has 1 aromatic heterocycles. The van der Waals surface area contributed by atoms with E-state index in [0.29, 0.717) is 11.4 Å². The highest BCUT2D eigenvalue weighted by atomic mass is 32.2. The number of nitrogens with two attached hydrogens (primary N) is 1. The van der Waals surface area contributed by atoms with Crippen LogP contribution in [0.15, 0.2) is 65.7 Å². The van der Waals surface area contributed by atoms with Gasteiger partial charge in [0.1, 0.15) is 5.82 Å². The predicted octanol–water partition coefficient (Wildman–Crippen LogP) is 3.17. The van der Waals surface area contributed by atoms with Crippen LogP contribution in [0.25, 0.3) is 12.2 Å². The van der Waals surface area contributed by atoms with Crippen LogP contribution in [-0.4, -0.2) is 18.4 Å². The van der Waals surface area contributed by atoms with Gasteiger partial charge < -0.3 is 5.73 Å². The van der Waals surface area contributed by atoms with Gasteiger partial charge in [0.25, 0.3) is 10.0 Å². The van der Waals surface area contributed by atoms with Crippen molar-refractivity contribution in [1.29, 1.82) is 0 Å². The van der Waals surface area contributed by atoms with Gasteiger partial charge >= 0.3 is 0 Å². The lowest BCUT2D eigenvalue weighted by atomic mass is 10.2. The van der Waals surface area contributed by atoms with E-state index in [-0.39, 0.29) is 16.7 Å². The van der Waals surface area contributed by atoms with Crippen molar-refractivity contribution in [1.82, 2.24) is 9.97 Å². The molecule has 3 N–H and O–H groups in total. The number of sulfonamides is 1. The van der Waals surface area contributed by atoms with E-state index in [0.717, 1.165) is 5.56 Å². The van der Waals surface area contributed by atoms with Crippen LogP contribution >= 0.6 is 0 Å². The van der Waals surface area contributed by atoms with E-state index in [9.17, 15) is 12.8 Å². The predicted molar refractivity (Wildman–Crippen MR) is 99.0 cm³/mol. The van der Waals surface area contributed by atoms with Gasteiger partial charge in [0.15, 0.2) is 0 Å². The minimum atomic E-state index is -3.82. The molecule has 132 valence electrons. The van der Waals surface area contributed by atoms with E-state index in [1.54, 1.807) is 30.4 Å². The summed E-state index contributed by atoms with van der Waals surface area (Å²) in [6.45, 7) is 0. The summed E-state index contributed by atoms with van der Waals surface area (Å²) in [4.78, 5) is 8.13. The Morgan fingerprint density at radius 3 is 2.35 bits per heavy atom. The van der Waals surface area contributed by atoms with E-state index < -0.39 is 10.0 Å². The van der Waals surface area contributed by atoms with Crippen molar-refractivity contribution in [3.63, 3.8) is 0 Å². The first-order valence-electron chi connectivity index (χ1n) is 7.57. The molecule has 0 atom stereocenters. The summed E-state index contributed by atoms with van der Waals surface area (Å²) in [7, 11) is -3.82. The summed E-state index contributed by atoms with van der Waals surface area (Å²) in [5.41, 5.74) is 7.31. The Hall–Kier alpha value is -3.26. The van der Waals surface area contributed by atoms with E-state index in [4.69, 9.17) is 5.73 Å². The highest BCUT2D eigenvalue weighted by Crippen LogP contribution is 2.15. The average molecular weight is 370 g/mol. The van der Waals surface area contributed by atoms with Crippen molar-refractivity contribution in [3.05, 3.63) is 77.9 Å². The van der Waals surface area contributed by atoms with Gasteiger partial charge in [-0.25, -0.2) is 27.5 Å². The van der Waals surface area contributed by atoms with Crippen LogP contribution in [0.4, 0.5) is 16.0 Å². The van der Waals surface area contributed by atoms with Crippen LogP contribution in [0.2, 0.25) is 0 Å². The molecule has 0 bridgehead atoms. The highest BCUT2D eigenvalue weighted by Gasteiger charge is 2.15. The minimum Gasteiger partial charge on any atom is -0.399 e. The van der Waals surface area contributed by atoms with Gasteiger partial charge in [-0.3, -0.25) is 0 Å². The Morgan fingerprint density at radius 2 is 1.65 bits per heavy atom. The van der Waals surface area contributed by atoms with Gasteiger partial charge in [0, 0.05) is 11.9 Å². The molecular formula is C18H15FN4O2S. The molecule has 0 unspecified atom stereocenters. The molecule has 0 amide bonds. The number of nitrogens with zero attached hydrogens (tertiary/aromatic N) is 2. The van der Waals surface area contributed by atoms with Gasteiger partial charge in [-0.05, 0) is 54.1 Å². The lowest BCUT2D eigenvalue weighted by molar-refractivity contribution is 0.601. The van der Waals surface area contributed by atoms with Crippen LogP contribution in [-0.2, 0) is 10.0 Å². The van der Waals surface area contributed by atoms with E-state index in [1.807, 2.05) is 0 Å². The Morgan fingerprint density at radius 1 is 0.962 bits per heavy atom. The first-order valence-corrected chi connectivity index (χ1v) is 9.06. The number of halogens is 1. The van der Waals surface area contributed by atoms with Crippen molar-refractivity contribution in [2.75, 3.05) is 10.5 Å². The zero-order valence-corrected chi connectivity index (χ0v) is 14.3. The summed E-state index contributed by atoms with van der Waals surface area (Å²) in [5.74, 6) is -0.369. The standard InChI is InChI=1S/C18H15FN4O2S/c19-14-4-1-13(2-5-14)3-8-16-11-12-21-18(22-16)23-26(24,25)17-9-6-15(20)7-10-17/h1-12H,20H2,(H,21,22,23). The van der Waals surface area contributed by atoms with Crippen LogP contribution < -0.4 is 10.5 Å². The Labute approximate surface area is 150 Å². The molecule has 0 aliphatic heterocycles. The fourth-order valence-corrected chi connectivity index (χ4v) is 3.05. The van der Waals surface area contributed by atoms with E-state index in [2.05, 4.69) is 14.7 Å². The van der Waals surface area contributed by atoms with E-state index >= 15 is 0 Å². The number of anilines is 2. The topological polar surface area (TPSA) is 98.0 Å². The Balaban J connectivity index is 1.78. The van der Waals surface area contributed by atoms with Gasteiger partial charge in [-0.2, -0.15) is 0 Å². The first kappa shape index (κ1) is 17.6. The molecule has 0 saturated heterocycles. The minimum absolute atomic E-state index is 0.0527. The normalized spacial score (nSPS) is 11.6. The summed E-state index contributed by atoms with van der Waals surface area (Å²) < 4.78 is 39.9. The zero-order valence-electron chi connectivity index (χ0n) is 13.5. The molecule has 26 heavy (non-hydrogen) atoms. The number of hydrogen-bond acceptors (Lipinski definition) is 5. The molecule has 0 fully saturated rings. The third-order valence-electron chi connectivity index (χ3n) is 3.41. The monoisotopic (exact) mass is 370 g/mol. The number of aromatic nitrogens is 2.